The van der Waals surface area contributed by atoms with Crippen LogP contribution >= 0.6 is 0 Å². The molecule has 0 aliphatic heterocycles. The Hall–Kier alpha value is -3.43. The van der Waals surface area contributed by atoms with Crippen LogP contribution < -0.4 is 21.7 Å². The molecule has 178 valence electrons. The fraction of sp³-hybridized carbons (Fsp3) is 0.522. The number of ether oxygens (including phenoxy) is 1. The van der Waals surface area contributed by atoms with Crippen molar-refractivity contribution in [3.05, 3.63) is 35.7 Å². The third kappa shape index (κ3) is 6.77. The molecule has 1 aliphatic carbocycles. The number of rotatable bonds is 7. The molecule has 0 saturated heterocycles. The van der Waals surface area contributed by atoms with Crippen molar-refractivity contribution in [2.24, 2.45) is 5.73 Å². The van der Waals surface area contributed by atoms with Gasteiger partial charge in [0.25, 0.3) is 5.91 Å². The molecule has 3 rings (SSSR count). The Morgan fingerprint density at radius 1 is 1.09 bits per heavy atom. The van der Waals surface area contributed by atoms with Gasteiger partial charge in [0, 0.05) is 23.7 Å². The molecule has 0 radical (unpaired) electrons. The van der Waals surface area contributed by atoms with Gasteiger partial charge >= 0.3 is 6.09 Å². The first-order chi connectivity index (χ1) is 15.3. The number of nitrogens with one attached hydrogen (secondary N) is 3. The van der Waals surface area contributed by atoms with Crippen LogP contribution in [0.3, 0.4) is 0 Å². The van der Waals surface area contributed by atoms with Gasteiger partial charge in [-0.15, -0.1) is 10.2 Å². The lowest BCUT2D eigenvalue weighted by molar-refractivity contribution is 0.0499. The summed E-state index contributed by atoms with van der Waals surface area (Å²) in [6.45, 7) is 12.1. The number of anilines is 3. The first-order valence-corrected chi connectivity index (χ1v) is 10.9. The predicted molar refractivity (Wildman–Crippen MR) is 127 cm³/mol. The average molecular weight is 456 g/mol. The van der Waals surface area contributed by atoms with Crippen LogP contribution in [-0.4, -0.2) is 44.9 Å². The maximum atomic E-state index is 12.1. The highest BCUT2D eigenvalue weighted by molar-refractivity contribution is 5.97. The van der Waals surface area contributed by atoms with E-state index in [9.17, 15) is 9.59 Å². The van der Waals surface area contributed by atoms with Crippen molar-refractivity contribution in [3.63, 3.8) is 0 Å². The van der Waals surface area contributed by atoms with E-state index in [2.05, 4.69) is 51.9 Å². The fourth-order valence-corrected chi connectivity index (χ4v) is 3.09. The van der Waals surface area contributed by atoms with Gasteiger partial charge < -0.3 is 26.4 Å². The molecule has 0 unspecified atom stereocenters. The van der Waals surface area contributed by atoms with Crippen LogP contribution in [-0.2, 0) is 10.2 Å². The van der Waals surface area contributed by atoms with Crippen LogP contribution in [0.4, 0.5) is 22.1 Å². The second-order valence-corrected chi connectivity index (χ2v) is 10.4. The number of carbonyl (C=O) groups is 2. The van der Waals surface area contributed by atoms with Crippen LogP contribution in [0.1, 0.15) is 70.6 Å². The number of aromatic nitrogens is 3. The lowest BCUT2D eigenvalue weighted by Crippen LogP contribution is -2.44. The number of alkyl carbamates (subject to hydrolysis) is 1. The summed E-state index contributed by atoms with van der Waals surface area (Å²) in [7, 11) is 0. The zero-order valence-electron chi connectivity index (χ0n) is 20.1. The van der Waals surface area contributed by atoms with E-state index in [-0.39, 0.29) is 11.1 Å². The second-order valence-electron chi connectivity index (χ2n) is 10.4. The minimum atomic E-state index is -0.700. The van der Waals surface area contributed by atoms with E-state index >= 15 is 0 Å². The molecule has 1 saturated carbocycles. The molecule has 1 fully saturated rings. The molecule has 0 spiro atoms. The number of nitrogens with two attached hydrogens (primary N) is 1. The number of primary amides is 1. The Bertz CT molecular complexity index is 1040. The molecular formula is C23H33N7O3. The van der Waals surface area contributed by atoms with E-state index in [4.69, 9.17) is 10.5 Å². The van der Waals surface area contributed by atoms with Crippen LogP contribution in [0, 0.1) is 0 Å². The SMILES string of the molecule is CC(C)(C)OC(=O)NC1(CNc2cc(Nc3cccc(C(C)(C)C)n3)c(C(N)=O)nn2)CC1. The molecule has 0 bridgehead atoms. The lowest BCUT2D eigenvalue weighted by Gasteiger charge is -2.23. The highest BCUT2D eigenvalue weighted by Crippen LogP contribution is 2.36. The van der Waals surface area contributed by atoms with Gasteiger partial charge in [-0.1, -0.05) is 26.8 Å². The Labute approximate surface area is 194 Å². The number of pyridine rings is 1. The molecule has 2 aromatic rings. The van der Waals surface area contributed by atoms with Gasteiger partial charge in [0.05, 0.1) is 11.2 Å². The smallest absolute Gasteiger partial charge is 0.408 e. The Morgan fingerprint density at radius 2 is 1.79 bits per heavy atom. The molecule has 10 heteroatoms. The van der Waals surface area contributed by atoms with Crippen LogP contribution in [0.15, 0.2) is 24.3 Å². The minimum Gasteiger partial charge on any atom is -0.444 e. The maximum Gasteiger partial charge on any atom is 0.408 e. The van der Waals surface area contributed by atoms with Gasteiger partial charge in [0.1, 0.15) is 11.4 Å². The van der Waals surface area contributed by atoms with Gasteiger partial charge in [-0.05, 0) is 45.7 Å². The zero-order valence-corrected chi connectivity index (χ0v) is 20.1. The first-order valence-electron chi connectivity index (χ1n) is 10.9. The van der Waals surface area contributed by atoms with Crippen molar-refractivity contribution in [1.82, 2.24) is 20.5 Å². The topological polar surface area (TPSA) is 144 Å². The Morgan fingerprint density at radius 3 is 2.36 bits per heavy atom. The van der Waals surface area contributed by atoms with Crippen molar-refractivity contribution in [2.75, 3.05) is 17.2 Å². The summed E-state index contributed by atoms with van der Waals surface area (Å²) in [4.78, 5) is 28.7. The summed E-state index contributed by atoms with van der Waals surface area (Å²) in [5.74, 6) is 0.301. The molecule has 0 aromatic carbocycles. The summed E-state index contributed by atoms with van der Waals surface area (Å²) in [6.07, 6.45) is 1.19. The van der Waals surface area contributed by atoms with E-state index < -0.39 is 23.1 Å². The molecular weight excluding hydrogens is 422 g/mol. The maximum absolute atomic E-state index is 12.1. The first kappa shape index (κ1) is 24.2. The van der Waals surface area contributed by atoms with Crippen molar-refractivity contribution in [3.8, 4) is 0 Å². The van der Waals surface area contributed by atoms with E-state index in [1.54, 1.807) is 12.1 Å². The summed E-state index contributed by atoms with van der Waals surface area (Å²) in [6, 6.07) is 7.30. The van der Waals surface area contributed by atoms with Gasteiger partial charge in [0.15, 0.2) is 11.5 Å². The van der Waals surface area contributed by atoms with Crippen LogP contribution in [0.5, 0.6) is 0 Å². The van der Waals surface area contributed by atoms with Gasteiger partial charge in [-0.2, -0.15) is 0 Å². The van der Waals surface area contributed by atoms with Gasteiger partial charge in [0.2, 0.25) is 0 Å². The number of hydrogen-bond acceptors (Lipinski definition) is 8. The van der Waals surface area contributed by atoms with E-state index in [1.807, 2.05) is 32.9 Å². The quantitative estimate of drug-likeness (QED) is 0.497. The standard InChI is InChI=1S/C23H33N7O3/c1-21(2,3)15-8-7-9-16(27-15)26-14-12-17(29-30-18(14)19(24)31)25-13-23(10-11-23)28-20(32)33-22(4,5)6/h7-9,12H,10-11,13H2,1-6H3,(H2,24,31)(H,28,32)(H2,25,26,27,29). The summed E-state index contributed by atoms with van der Waals surface area (Å²) < 4.78 is 5.35. The van der Waals surface area contributed by atoms with Crippen molar-refractivity contribution < 1.29 is 14.3 Å². The van der Waals surface area contributed by atoms with E-state index in [0.29, 0.717) is 23.9 Å². The number of carbonyl (C=O) groups excluding carboxylic acids is 2. The van der Waals surface area contributed by atoms with Crippen molar-refractivity contribution >= 4 is 29.3 Å². The molecule has 10 nitrogen and oxygen atoms in total. The minimum absolute atomic E-state index is 0.0107. The van der Waals surface area contributed by atoms with Crippen LogP contribution in [0.25, 0.3) is 0 Å². The van der Waals surface area contributed by atoms with E-state index in [1.165, 1.54) is 0 Å². The van der Waals surface area contributed by atoms with Gasteiger partial charge in [-0.3, -0.25) is 4.79 Å². The third-order valence-electron chi connectivity index (χ3n) is 5.04. The van der Waals surface area contributed by atoms with Crippen molar-refractivity contribution in [1.29, 1.82) is 0 Å². The molecule has 2 aromatic heterocycles. The Kier molecular flexibility index (Phi) is 6.49. The average Bonchev–Trinajstić information content (AvgIpc) is 3.44. The molecule has 1 aliphatic rings. The molecule has 2 heterocycles. The summed E-state index contributed by atoms with van der Waals surface area (Å²) >= 11 is 0. The molecule has 5 N–H and O–H groups in total. The third-order valence-corrected chi connectivity index (χ3v) is 5.04. The highest BCUT2D eigenvalue weighted by Gasteiger charge is 2.45. The lowest BCUT2D eigenvalue weighted by atomic mass is 9.92. The largest absolute Gasteiger partial charge is 0.444 e. The van der Waals surface area contributed by atoms with Crippen LogP contribution in [0.2, 0.25) is 0 Å². The van der Waals surface area contributed by atoms with E-state index in [0.717, 1.165) is 18.5 Å². The number of nitrogens with zero attached hydrogens (tertiary/aromatic N) is 3. The van der Waals surface area contributed by atoms with Gasteiger partial charge in [-0.25, -0.2) is 9.78 Å². The normalized spacial score (nSPS) is 14.8. The predicted octanol–water partition coefficient (Wildman–Crippen LogP) is 3.48. The molecule has 33 heavy (non-hydrogen) atoms. The fourth-order valence-electron chi connectivity index (χ4n) is 3.09. The highest BCUT2D eigenvalue weighted by atomic mass is 16.6. The number of hydrogen-bond donors (Lipinski definition) is 4. The monoisotopic (exact) mass is 455 g/mol. The second kappa shape index (κ2) is 8.84. The summed E-state index contributed by atoms with van der Waals surface area (Å²) in [5.41, 5.74) is 5.70. The number of amides is 2. The Balaban J connectivity index is 1.73. The van der Waals surface area contributed by atoms with Crippen molar-refractivity contribution in [2.45, 2.75) is 70.9 Å². The molecule has 0 atom stereocenters. The zero-order chi connectivity index (χ0) is 24.4. The molecule has 2 amide bonds. The summed E-state index contributed by atoms with van der Waals surface area (Å²) in [5, 5.41) is 17.3.